The minimum Gasteiger partial charge on any atom is -0.311 e. The molecule has 0 aliphatic carbocycles. The predicted molar refractivity (Wildman–Crippen MR) is 64.6 cm³/mol. The standard InChI is InChI=1S/C11H9ClN4O/c1-7(17)14-10-6-9(12)15-11(16-10)8-4-2-3-5-13-8/h2-6H,1H3,(H,14,15,16,17). The lowest BCUT2D eigenvalue weighted by molar-refractivity contribution is -0.114. The number of nitrogens with zero attached hydrogens (tertiary/aromatic N) is 3. The van der Waals surface area contributed by atoms with Gasteiger partial charge in [-0.1, -0.05) is 17.7 Å². The van der Waals surface area contributed by atoms with E-state index in [4.69, 9.17) is 11.6 Å². The Morgan fingerprint density at radius 3 is 2.82 bits per heavy atom. The molecule has 0 atom stereocenters. The van der Waals surface area contributed by atoms with Gasteiger partial charge in [-0.05, 0) is 12.1 Å². The molecule has 17 heavy (non-hydrogen) atoms. The first-order valence-electron chi connectivity index (χ1n) is 4.89. The molecule has 0 spiro atoms. The fourth-order valence-corrected chi connectivity index (χ4v) is 1.46. The number of pyridine rings is 1. The summed E-state index contributed by atoms with van der Waals surface area (Å²) in [6, 6.07) is 6.87. The largest absolute Gasteiger partial charge is 0.311 e. The molecule has 0 aliphatic heterocycles. The molecule has 0 unspecified atom stereocenters. The van der Waals surface area contributed by atoms with Crippen molar-refractivity contribution in [1.29, 1.82) is 0 Å². The van der Waals surface area contributed by atoms with E-state index in [9.17, 15) is 4.79 Å². The number of rotatable bonds is 2. The Labute approximate surface area is 103 Å². The van der Waals surface area contributed by atoms with E-state index in [-0.39, 0.29) is 11.1 Å². The molecule has 2 aromatic heterocycles. The fraction of sp³-hybridized carbons (Fsp3) is 0.0909. The van der Waals surface area contributed by atoms with E-state index >= 15 is 0 Å². The number of carbonyl (C=O) groups is 1. The van der Waals surface area contributed by atoms with E-state index in [1.807, 2.05) is 6.07 Å². The van der Waals surface area contributed by atoms with E-state index in [0.717, 1.165) is 0 Å². The van der Waals surface area contributed by atoms with Crippen molar-refractivity contribution in [3.63, 3.8) is 0 Å². The zero-order chi connectivity index (χ0) is 12.3. The maximum Gasteiger partial charge on any atom is 0.222 e. The van der Waals surface area contributed by atoms with Gasteiger partial charge in [0.15, 0.2) is 5.82 Å². The molecule has 0 saturated heterocycles. The molecule has 0 bridgehead atoms. The second-order valence-electron chi connectivity index (χ2n) is 3.30. The molecule has 2 rings (SSSR count). The lowest BCUT2D eigenvalue weighted by Gasteiger charge is -2.04. The van der Waals surface area contributed by atoms with Gasteiger partial charge in [0.05, 0.1) is 0 Å². The van der Waals surface area contributed by atoms with Crippen LogP contribution in [-0.4, -0.2) is 20.9 Å². The van der Waals surface area contributed by atoms with Crippen LogP contribution in [0, 0.1) is 0 Å². The zero-order valence-corrected chi connectivity index (χ0v) is 9.77. The summed E-state index contributed by atoms with van der Waals surface area (Å²) in [4.78, 5) is 23.3. The lowest BCUT2D eigenvalue weighted by atomic mass is 10.3. The number of carbonyl (C=O) groups excluding carboxylic acids is 1. The average Bonchev–Trinajstić information content (AvgIpc) is 2.28. The third-order valence-electron chi connectivity index (χ3n) is 1.89. The summed E-state index contributed by atoms with van der Waals surface area (Å²) in [6.07, 6.45) is 1.64. The van der Waals surface area contributed by atoms with E-state index < -0.39 is 0 Å². The minimum absolute atomic E-state index is 0.216. The van der Waals surface area contributed by atoms with Crippen LogP contribution in [-0.2, 0) is 4.79 Å². The number of anilines is 1. The number of nitrogens with one attached hydrogen (secondary N) is 1. The van der Waals surface area contributed by atoms with E-state index in [1.165, 1.54) is 13.0 Å². The maximum absolute atomic E-state index is 10.9. The van der Waals surface area contributed by atoms with Gasteiger partial charge in [0.2, 0.25) is 5.91 Å². The molecule has 2 aromatic rings. The topological polar surface area (TPSA) is 67.8 Å². The normalized spacial score (nSPS) is 10.0. The van der Waals surface area contributed by atoms with Crippen LogP contribution in [0.3, 0.4) is 0 Å². The molecule has 0 aromatic carbocycles. The minimum atomic E-state index is -0.216. The van der Waals surface area contributed by atoms with Gasteiger partial charge in [-0.3, -0.25) is 9.78 Å². The average molecular weight is 249 g/mol. The van der Waals surface area contributed by atoms with Gasteiger partial charge >= 0.3 is 0 Å². The molecule has 0 saturated carbocycles. The predicted octanol–water partition coefficient (Wildman–Crippen LogP) is 2.15. The van der Waals surface area contributed by atoms with Crippen LogP contribution in [0.4, 0.5) is 5.82 Å². The molecule has 2 heterocycles. The van der Waals surface area contributed by atoms with Gasteiger partial charge in [-0.25, -0.2) is 9.97 Å². The molecule has 0 fully saturated rings. The number of amides is 1. The van der Waals surface area contributed by atoms with Crippen LogP contribution in [0.15, 0.2) is 30.5 Å². The molecule has 6 heteroatoms. The molecule has 86 valence electrons. The van der Waals surface area contributed by atoms with Gasteiger partial charge < -0.3 is 5.32 Å². The highest BCUT2D eigenvalue weighted by atomic mass is 35.5. The highest BCUT2D eigenvalue weighted by Gasteiger charge is 2.07. The second-order valence-corrected chi connectivity index (χ2v) is 3.68. The number of hydrogen-bond donors (Lipinski definition) is 1. The zero-order valence-electron chi connectivity index (χ0n) is 9.01. The van der Waals surface area contributed by atoms with Crippen LogP contribution in [0.25, 0.3) is 11.5 Å². The van der Waals surface area contributed by atoms with Crippen LogP contribution in [0.2, 0.25) is 5.15 Å². The van der Waals surface area contributed by atoms with Gasteiger partial charge in [-0.2, -0.15) is 0 Å². The van der Waals surface area contributed by atoms with Crippen LogP contribution in [0.5, 0.6) is 0 Å². The summed E-state index contributed by atoms with van der Waals surface area (Å²) in [5.41, 5.74) is 0.599. The molecule has 0 radical (unpaired) electrons. The molecular formula is C11H9ClN4O. The Morgan fingerprint density at radius 2 is 2.18 bits per heavy atom. The van der Waals surface area contributed by atoms with Crippen molar-refractivity contribution >= 4 is 23.3 Å². The van der Waals surface area contributed by atoms with E-state index in [2.05, 4.69) is 20.3 Å². The molecule has 0 aliphatic rings. The Balaban J connectivity index is 2.42. The second kappa shape index (κ2) is 4.88. The number of aromatic nitrogens is 3. The van der Waals surface area contributed by atoms with Gasteiger partial charge in [0.25, 0.3) is 0 Å². The van der Waals surface area contributed by atoms with Crippen molar-refractivity contribution in [3.05, 3.63) is 35.6 Å². The van der Waals surface area contributed by atoms with Crippen LogP contribution in [0.1, 0.15) is 6.92 Å². The summed E-state index contributed by atoms with van der Waals surface area (Å²) in [5, 5.41) is 2.81. The third kappa shape index (κ3) is 2.98. The third-order valence-corrected chi connectivity index (χ3v) is 2.09. The SMILES string of the molecule is CC(=O)Nc1cc(Cl)nc(-c2ccccn2)n1. The highest BCUT2D eigenvalue weighted by Crippen LogP contribution is 2.18. The first-order valence-corrected chi connectivity index (χ1v) is 5.26. The van der Waals surface area contributed by atoms with Crippen molar-refractivity contribution in [2.75, 3.05) is 5.32 Å². The Bertz CT molecular complexity index is 544. The maximum atomic E-state index is 10.9. The van der Waals surface area contributed by atoms with E-state index in [0.29, 0.717) is 17.3 Å². The fourth-order valence-electron chi connectivity index (χ4n) is 1.27. The van der Waals surface area contributed by atoms with Crippen LogP contribution >= 0.6 is 11.6 Å². The summed E-state index contributed by atoms with van der Waals surface area (Å²) in [5.74, 6) is 0.520. The summed E-state index contributed by atoms with van der Waals surface area (Å²) < 4.78 is 0. The van der Waals surface area contributed by atoms with E-state index in [1.54, 1.807) is 18.3 Å². The first-order chi connectivity index (χ1) is 8.15. The number of halogens is 1. The van der Waals surface area contributed by atoms with Crippen molar-refractivity contribution in [2.24, 2.45) is 0 Å². The molecule has 5 nitrogen and oxygen atoms in total. The van der Waals surface area contributed by atoms with Crippen molar-refractivity contribution in [3.8, 4) is 11.5 Å². The summed E-state index contributed by atoms with van der Waals surface area (Å²) in [6.45, 7) is 1.40. The van der Waals surface area contributed by atoms with Crippen molar-refractivity contribution in [1.82, 2.24) is 15.0 Å². The van der Waals surface area contributed by atoms with Gasteiger partial charge in [-0.15, -0.1) is 0 Å². The quantitative estimate of drug-likeness (QED) is 0.827. The molecule has 1 amide bonds. The number of hydrogen-bond acceptors (Lipinski definition) is 4. The summed E-state index contributed by atoms with van der Waals surface area (Å²) >= 11 is 5.85. The lowest BCUT2D eigenvalue weighted by Crippen LogP contribution is -2.08. The van der Waals surface area contributed by atoms with Crippen molar-refractivity contribution < 1.29 is 4.79 Å². The van der Waals surface area contributed by atoms with Crippen LogP contribution < -0.4 is 5.32 Å². The molecule has 1 N–H and O–H groups in total. The smallest absolute Gasteiger partial charge is 0.222 e. The summed E-state index contributed by atoms with van der Waals surface area (Å²) in [7, 11) is 0. The highest BCUT2D eigenvalue weighted by molar-refractivity contribution is 6.29. The Morgan fingerprint density at radius 1 is 1.35 bits per heavy atom. The van der Waals surface area contributed by atoms with Gasteiger partial charge in [0, 0.05) is 19.2 Å². The Kier molecular flexibility index (Phi) is 3.30. The first kappa shape index (κ1) is 11.5. The van der Waals surface area contributed by atoms with Gasteiger partial charge in [0.1, 0.15) is 16.7 Å². The van der Waals surface area contributed by atoms with Crippen molar-refractivity contribution in [2.45, 2.75) is 6.92 Å². The Hall–Kier alpha value is -2.01. The monoisotopic (exact) mass is 248 g/mol. The molecular weight excluding hydrogens is 240 g/mol.